The number of nitrogen functional groups attached to an aromatic ring is 1. The fourth-order valence-electron chi connectivity index (χ4n) is 1.63. The molecule has 4 N–H and O–H groups in total. The Morgan fingerprint density at radius 3 is 2.70 bits per heavy atom. The minimum atomic E-state index is -1.02. The predicted molar refractivity (Wildman–Crippen MR) is 75.4 cm³/mol. The summed E-state index contributed by atoms with van der Waals surface area (Å²) in [6, 6.07) is 6.30. The van der Waals surface area contributed by atoms with E-state index in [1.807, 2.05) is 12.1 Å². The molecule has 1 aromatic rings. The van der Waals surface area contributed by atoms with Crippen LogP contribution in [0.25, 0.3) is 0 Å². The van der Waals surface area contributed by atoms with E-state index in [2.05, 4.69) is 5.32 Å². The number of nitrogens with one attached hydrogen (secondary N) is 1. The number of nitrogens with two attached hydrogens (primary N) is 1. The van der Waals surface area contributed by atoms with E-state index in [0.29, 0.717) is 30.9 Å². The van der Waals surface area contributed by atoms with Crippen molar-refractivity contribution in [2.45, 2.75) is 32.2 Å². The van der Waals surface area contributed by atoms with Crippen molar-refractivity contribution >= 4 is 17.6 Å². The fraction of sp³-hybridized carbons (Fsp3) is 0.429. The van der Waals surface area contributed by atoms with Gasteiger partial charge in [-0.1, -0.05) is 19.1 Å². The molecule has 1 unspecified atom stereocenters. The van der Waals surface area contributed by atoms with E-state index in [1.54, 1.807) is 19.1 Å². The minimum absolute atomic E-state index is 0.219. The van der Waals surface area contributed by atoms with Gasteiger partial charge in [0.1, 0.15) is 11.8 Å². The number of carbonyl (C=O) groups is 2. The summed E-state index contributed by atoms with van der Waals surface area (Å²) < 4.78 is 5.44. The van der Waals surface area contributed by atoms with E-state index in [1.165, 1.54) is 0 Å². The molecule has 6 nitrogen and oxygen atoms in total. The Hall–Kier alpha value is -2.24. The molecule has 0 aliphatic heterocycles. The smallest absolute Gasteiger partial charge is 0.326 e. The molecule has 0 aromatic heterocycles. The number of carbonyl (C=O) groups excluding carboxylic acids is 1. The van der Waals surface area contributed by atoms with E-state index >= 15 is 0 Å². The Morgan fingerprint density at radius 2 is 2.10 bits per heavy atom. The lowest BCUT2D eigenvalue weighted by atomic mass is 10.2. The summed E-state index contributed by atoms with van der Waals surface area (Å²) in [6.45, 7) is 2.06. The highest BCUT2D eigenvalue weighted by atomic mass is 16.5. The number of rotatable bonds is 8. The van der Waals surface area contributed by atoms with Gasteiger partial charge in [0.2, 0.25) is 5.91 Å². The fourth-order valence-corrected chi connectivity index (χ4v) is 1.63. The molecule has 0 heterocycles. The van der Waals surface area contributed by atoms with Crippen LogP contribution in [0.1, 0.15) is 26.2 Å². The molecule has 20 heavy (non-hydrogen) atoms. The van der Waals surface area contributed by atoms with E-state index < -0.39 is 12.0 Å². The maximum Gasteiger partial charge on any atom is 0.326 e. The van der Waals surface area contributed by atoms with Gasteiger partial charge in [0, 0.05) is 6.42 Å². The van der Waals surface area contributed by atoms with Gasteiger partial charge in [0.05, 0.1) is 12.3 Å². The Kier molecular flexibility index (Phi) is 6.36. The summed E-state index contributed by atoms with van der Waals surface area (Å²) in [5, 5.41) is 11.3. The molecule has 1 rings (SSSR count). The Labute approximate surface area is 117 Å². The Bertz CT molecular complexity index is 462. The van der Waals surface area contributed by atoms with Gasteiger partial charge in [-0.05, 0) is 25.0 Å². The summed E-state index contributed by atoms with van der Waals surface area (Å²) in [5.41, 5.74) is 6.26. The van der Waals surface area contributed by atoms with Gasteiger partial charge in [0.25, 0.3) is 0 Å². The Balaban J connectivity index is 2.26. The van der Waals surface area contributed by atoms with Crippen molar-refractivity contribution < 1.29 is 19.4 Å². The monoisotopic (exact) mass is 280 g/mol. The number of ether oxygens (including phenoxy) is 1. The van der Waals surface area contributed by atoms with Crippen LogP contribution in [0.2, 0.25) is 0 Å². The van der Waals surface area contributed by atoms with Crippen molar-refractivity contribution in [2.75, 3.05) is 12.3 Å². The first kappa shape index (κ1) is 15.8. The molecule has 1 aromatic carbocycles. The van der Waals surface area contributed by atoms with Crippen molar-refractivity contribution in [1.82, 2.24) is 5.32 Å². The van der Waals surface area contributed by atoms with Crippen molar-refractivity contribution in [3.05, 3.63) is 24.3 Å². The first-order valence-corrected chi connectivity index (χ1v) is 6.54. The van der Waals surface area contributed by atoms with Crippen molar-refractivity contribution in [1.29, 1.82) is 0 Å². The van der Waals surface area contributed by atoms with E-state index in [-0.39, 0.29) is 12.3 Å². The molecule has 1 atom stereocenters. The van der Waals surface area contributed by atoms with Crippen LogP contribution >= 0.6 is 0 Å². The first-order chi connectivity index (χ1) is 9.54. The molecule has 0 aliphatic rings. The molecule has 0 bridgehead atoms. The standard InChI is InChI=1S/C14H20N2O4/c1-2-11(14(18)19)16-13(17)8-5-9-20-12-7-4-3-6-10(12)15/h3-4,6-7,11H,2,5,8-9,15H2,1H3,(H,16,17)(H,18,19). The number of anilines is 1. The lowest BCUT2D eigenvalue weighted by molar-refractivity contribution is -0.141. The molecule has 6 heteroatoms. The van der Waals surface area contributed by atoms with Gasteiger partial charge in [0.15, 0.2) is 0 Å². The van der Waals surface area contributed by atoms with Gasteiger partial charge >= 0.3 is 5.97 Å². The van der Waals surface area contributed by atoms with Crippen molar-refractivity contribution in [3.63, 3.8) is 0 Å². The molecular formula is C14H20N2O4. The van der Waals surface area contributed by atoms with E-state index in [4.69, 9.17) is 15.6 Å². The van der Waals surface area contributed by atoms with Crippen LogP contribution < -0.4 is 15.8 Å². The van der Waals surface area contributed by atoms with Crippen molar-refractivity contribution in [3.8, 4) is 5.75 Å². The zero-order chi connectivity index (χ0) is 15.0. The molecular weight excluding hydrogens is 260 g/mol. The second kappa shape index (κ2) is 8.04. The molecule has 0 spiro atoms. The number of hydrogen-bond acceptors (Lipinski definition) is 4. The lowest BCUT2D eigenvalue weighted by Crippen LogP contribution is -2.40. The highest BCUT2D eigenvalue weighted by Crippen LogP contribution is 2.19. The van der Waals surface area contributed by atoms with Crippen LogP contribution in [0.5, 0.6) is 5.75 Å². The summed E-state index contributed by atoms with van der Waals surface area (Å²) in [7, 11) is 0. The number of carboxylic acids is 1. The number of hydrogen-bond donors (Lipinski definition) is 3. The minimum Gasteiger partial charge on any atom is -0.491 e. The molecule has 0 radical (unpaired) electrons. The number of aliphatic carboxylic acids is 1. The maximum atomic E-state index is 11.5. The average molecular weight is 280 g/mol. The van der Waals surface area contributed by atoms with Crippen molar-refractivity contribution in [2.24, 2.45) is 0 Å². The van der Waals surface area contributed by atoms with E-state index in [9.17, 15) is 9.59 Å². The summed E-state index contributed by atoms with van der Waals surface area (Å²) in [4.78, 5) is 22.3. The van der Waals surface area contributed by atoms with Gasteiger partial charge in [-0.3, -0.25) is 4.79 Å². The second-order valence-electron chi connectivity index (χ2n) is 4.36. The zero-order valence-corrected chi connectivity index (χ0v) is 11.5. The average Bonchev–Trinajstić information content (AvgIpc) is 2.42. The van der Waals surface area contributed by atoms with Crippen LogP contribution in [0.3, 0.4) is 0 Å². The zero-order valence-electron chi connectivity index (χ0n) is 11.5. The van der Waals surface area contributed by atoms with Crippen LogP contribution in [0.15, 0.2) is 24.3 Å². The van der Waals surface area contributed by atoms with Crippen LogP contribution in [-0.4, -0.2) is 29.6 Å². The topological polar surface area (TPSA) is 102 Å². The van der Waals surface area contributed by atoms with Crippen LogP contribution in [0, 0.1) is 0 Å². The second-order valence-corrected chi connectivity index (χ2v) is 4.36. The summed E-state index contributed by atoms with van der Waals surface area (Å²) >= 11 is 0. The normalized spacial score (nSPS) is 11.7. The number of benzene rings is 1. The summed E-state index contributed by atoms with van der Waals surface area (Å²) in [5.74, 6) is -0.720. The third-order valence-electron chi connectivity index (χ3n) is 2.77. The van der Waals surface area contributed by atoms with Crippen LogP contribution in [-0.2, 0) is 9.59 Å². The SMILES string of the molecule is CCC(NC(=O)CCCOc1ccccc1N)C(=O)O. The molecule has 1 amide bonds. The van der Waals surface area contributed by atoms with Gasteiger partial charge in [-0.25, -0.2) is 4.79 Å². The largest absolute Gasteiger partial charge is 0.491 e. The van der Waals surface area contributed by atoms with Crippen LogP contribution in [0.4, 0.5) is 5.69 Å². The lowest BCUT2D eigenvalue weighted by Gasteiger charge is -2.12. The highest BCUT2D eigenvalue weighted by molar-refractivity contribution is 5.83. The third kappa shape index (κ3) is 5.17. The highest BCUT2D eigenvalue weighted by Gasteiger charge is 2.16. The number of carboxylic acid groups (broad SMARTS) is 1. The van der Waals surface area contributed by atoms with Gasteiger partial charge in [-0.15, -0.1) is 0 Å². The number of para-hydroxylation sites is 2. The van der Waals surface area contributed by atoms with Gasteiger partial charge in [-0.2, -0.15) is 0 Å². The first-order valence-electron chi connectivity index (χ1n) is 6.54. The molecule has 0 fully saturated rings. The maximum absolute atomic E-state index is 11.5. The molecule has 110 valence electrons. The predicted octanol–water partition coefficient (Wildman–Crippen LogP) is 1.41. The number of amides is 1. The summed E-state index contributed by atoms with van der Waals surface area (Å²) in [6.07, 6.45) is 1.07. The quantitative estimate of drug-likeness (QED) is 0.493. The third-order valence-corrected chi connectivity index (χ3v) is 2.77. The van der Waals surface area contributed by atoms with Gasteiger partial charge < -0.3 is 20.9 Å². The molecule has 0 aliphatic carbocycles. The molecule has 0 saturated heterocycles. The van der Waals surface area contributed by atoms with E-state index in [0.717, 1.165) is 0 Å². The Morgan fingerprint density at radius 1 is 1.40 bits per heavy atom. The molecule has 0 saturated carbocycles.